The van der Waals surface area contributed by atoms with Gasteiger partial charge in [-0.2, -0.15) is 0 Å². The number of carbonyl (C=O) groups is 1. The first-order chi connectivity index (χ1) is 13.1. The molecule has 0 saturated carbocycles. The predicted molar refractivity (Wildman–Crippen MR) is 105 cm³/mol. The molecule has 3 aromatic carbocycles. The molecule has 4 rings (SSSR count). The summed E-state index contributed by atoms with van der Waals surface area (Å²) in [6.45, 7) is 2.03. The molecule has 1 aromatic heterocycles. The van der Waals surface area contributed by atoms with Crippen LogP contribution in [-0.2, 0) is 0 Å². The van der Waals surface area contributed by atoms with Crippen molar-refractivity contribution in [2.75, 3.05) is 12.4 Å². The van der Waals surface area contributed by atoms with Crippen LogP contribution in [0.5, 0.6) is 5.75 Å². The van der Waals surface area contributed by atoms with Crippen LogP contribution in [0.15, 0.2) is 71.3 Å². The Morgan fingerprint density at radius 3 is 2.63 bits per heavy atom. The summed E-state index contributed by atoms with van der Waals surface area (Å²) in [5.41, 5.74) is 4.00. The van der Waals surface area contributed by atoms with E-state index in [1.165, 1.54) is 5.56 Å². The van der Waals surface area contributed by atoms with Gasteiger partial charge in [0.15, 0.2) is 5.76 Å². The summed E-state index contributed by atoms with van der Waals surface area (Å²) in [4.78, 5) is 12.7. The van der Waals surface area contributed by atoms with Gasteiger partial charge in [-0.1, -0.05) is 41.1 Å². The largest absolute Gasteiger partial charge is 0.497 e. The summed E-state index contributed by atoms with van der Waals surface area (Å²) in [6, 6.07) is 20.6. The third kappa shape index (κ3) is 3.40. The maximum atomic E-state index is 12.7. The highest BCUT2D eigenvalue weighted by Crippen LogP contribution is 2.30. The first-order valence-corrected chi connectivity index (χ1v) is 8.56. The molecule has 5 nitrogen and oxygen atoms in total. The lowest BCUT2D eigenvalue weighted by atomic mass is 10.0. The third-order valence-corrected chi connectivity index (χ3v) is 4.38. The van der Waals surface area contributed by atoms with E-state index in [9.17, 15) is 4.79 Å². The van der Waals surface area contributed by atoms with Gasteiger partial charge in [0, 0.05) is 22.9 Å². The predicted octanol–water partition coefficient (Wildman–Crippen LogP) is 5.06. The van der Waals surface area contributed by atoms with Crippen LogP contribution >= 0.6 is 0 Å². The van der Waals surface area contributed by atoms with E-state index in [0.717, 1.165) is 10.9 Å². The van der Waals surface area contributed by atoms with Crippen molar-refractivity contribution >= 4 is 22.5 Å². The molecule has 0 spiro atoms. The zero-order valence-electron chi connectivity index (χ0n) is 15.0. The number of rotatable bonds is 4. The fourth-order valence-corrected chi connectivity index (χ4v) is 2.90. The van der Waals surface area contributed by atoms with Crippen molar-refractivity contribution in [1.29, 1.82) is 0 Å². The Bertz CT molecular complexity index is 1110. The van der Waals surface area contributed by atoms with E-state index in [1.807, 2.05) is 49.4 Å². The number of methoxy groups -OCH3 is 1. The van der Waals surface area contributed by atoms with Gasteiger partial charge in [-0.25, -0.2) is 0 Å². The van der Waals surface area contributed by atoms with E-state index in [0.29, 0.717) is 28.3 Å². The van der Waals surface area contributed by atoms with Gasteiger partial charge in [0.05, 0.1) is 12.5 Å². The van der Waals surface area contributed by atoms with Crippen LogP contribution in [-0.4, -0.2) is 18.2 Å². The Morgan fingerprint density at radius 1 is 1.04 bits per heavy atom. The van der Waals surface area contributed by atoms with Crippen molar-refractivity contribution < 1.29 is 14.1 Å². The second-order valence-corrected chi connectivity index (χ2v) is 6.30. The highest BCUT2D eigenvalue weighted by atomic mass is 16.5. The molecule has 0 saturated heterocycles. The molecular formula is C22H18N2O3. The fraction of sp³-hybridized carbons (Fsp3) is 0.0909. The number of anilines is 1. The lowest BCUT2D eigenvalue weighted by molar-refractivity contribution is 0.102. The van der Waals surface area contributed by atoms with Crippen LogP contribution < -0.4 is 10.1 Å². The van der Waals surface area contributed by atoms with Gasteiger partial charge in [-0.3, -0.25) is 4.79 Å². The van der Waals surface area contributed by atoms with Crippen LogP contribution in [0.4, 0.5) is 5.69 Å². The van der Waals surface area contributed by atoms with Gasteiger partial charge in [-0.05, 0) is 37.3 Å². The van der Waals surface area contributed by atoms with Crippen LogP contribution in [0.3, 0.4) is 0 Å². The number of nitrogens with zero attached hydrogens (tertiary/aromatic N) is 1. The number of hydrogen-bond donors (Lipinski definition) is 1. The molecule has 0 aliphatic carbocycles. The van der Waals surface area contributed by atoms with Gasteiger partial charge in [-0.15, -0.1) is 0 Å². The highest BCUT2D eigenvalue weighted by molar-refractivity contribution is 6.07. The number of fused-ring (bicyclic) bond motifs is 1. The Morgan fingerprint density at radius 2 is 1.85 bits per heavy atom. The first-order valence-electron chi connectivity index (χ1n) is 8.56. The summed E-state index contributed by atoms with van der Waals surface area (Å²) in [5, 5.41) is 7.79. The molecule has 0 unspecified atom stereocenters. The molecule has 0 bridgehead atoms. The zero-order chi connectivity index (χ0) is 18.8. The molecule has 0 fully saturated rings. The molecule has 1 amide bonds. The third-order valence-electron chi connectivity index (χ3n) is 4.38. The van der Waals surface area contributed by atoms with Gasteiger partial charge < -0.3 is 14.6 Å². The number of aromatic nitrogens is 1. The normalized spacial score (nSPS) is 10.7. The van der Waals surface area contributed by atoms with Gasteiger partial charge in [0.2, 0.25) is 0 Å². The van der Waals surface area contributed by atoms with Crippen molar-refractivity contribution in [3.8, 4) is 17.1 Å². The van der Waals surface area contributed by atoms with Gasteiger partial charge in [0.25, 0.3) is 5.91 Å². The Hall–Kier alpha value is -3.60. The quantitative estimate of drug-likeness (QED) is 0.553. The highest BCUT2D eigenvalue weighted by Gasteiger charge is 2.14. The Kier molecular flexibility index (Phi) is 4.34. The number of hydrogen-bond acceptors (Lipinski definition) is 4. The molecule has 27 heavy (non-hydrogen) atoms. The minimum Gasteiger partial charge on any atom is -0.497 e. The molecule has 0 atom stereocenters. The minimum absolute atomic E-state index is 0.207. The number of aryl methyl sites for hydroxylation is 1. The topological polar surface area (TPSA) is 64.4 Å². The van der Waals surface area contributed by atoms with Crippen molar-refractivity contribution in [2.45, 2.75) is 6.92 Å². The Labute approximate surface area is 156 Å². The summed E-state index contributed by atoms with van der Waals surface area (Å²) in [6.07, 6.45) is 0. The second-order valence-electron chi connectivity index (χ2n) is 6.30. The molecule has 0 radical (unpaired) electrons. The van der Waals surface area contributed by atoms with Crippen LogP contribution in [0.1, 0.15) is 15.9 Å². The number of carbonyl (C=O) groups excluding carboxylic acids is 1. The van der Waals surface area contributed by atoms with Crippen molar-refractivity contribution in [3.63, 3.8) is 0 Å². The Balaban J connectivity index is 1.67. The lowest BCUT2D eigenvalue weighted by Gasteiger charge is -2.07. The van der Waals surface area contributed by atoms with E-state index in [-0.39, 0.29) is 5.91 Å². The molecular weight excluding hydrogens is 340 g/mol. The van der Waals surface area contributed by atoms with E-state index in [1.54, 1.807) is 31.4 Å². The summed E-state index contributed by atoms with van der Waals surface area (Å²) >= 11 is 0. The molecule has 4 aromatic rings. The molecule has 1 N–H and O–H groups in total. The van der Waals surface area contributed by atoms with Crippen molar-refractivity contribution in [3.05, 3.63) is 77.9 Å². The van der Waals surface area contributed by atoms with Crippen molar-refractivity contribution in [2.24, 2.45) is 0 Å². The maximum absolute atomic E-state index is 12.7. The van der Waals surface area contributed by atoms with Crippen LogP contribution in [0.25, 0.3) is 22.2 Å². The van der Waals surface area contributed by atoms with Crippen LogP contribution in [0.2, 0.25) is 0 Å². The number of nitrogens with one attached hydrogen (secondary N) is 1. The lowest BCUT2D eigenvalue weighted by Crippen LogP contribution is -2.11. The smallest absolute Gasteiger partial charge is 0.255 e. The second kappa shape index (κ2) is 6.96. The first kappa shape index (κ1) is 16.8. The molecule has 0 aliphatic rings. The zero-order valence-corrected chi connectivity index (χ0v) is 15.0. The van der Waals surface area contributed by atoms with E-state index in [2.05, 4.69) is 10.5 Å². The SMILES string of the molecule is COc1cccc(NC(=O)c2ccc3noc(-c4ccc(C)cc4)c3c2)c1. The summed E-state index contributed by atoms with van der Waals surface area (Å²) in [5.74, 6) is 1.13. The van der Waals surface area contributed by atoms with Gasteiger partial charge in [0.1, 0.15) is 11.3 Å². The minimum atomic E-state index is -0.207. The van der Waals surface area contributed by atoms with E-state index < -0.39 is 0 Å². The monoisotopic (exact) mass is 358 g/mol. The number of amides is 1. The fourth-order valence-electron chi connectivity index (χ4n) is 2.90. The average Bonchev–Trinajstić information content (AvgIpc) is 3.12. The molecule has 0 aliphatic heterocycles. The van der Waals surface area contributed by atoms with E-state index in [4.69, 9.17) is 9.26 Å². The maximum Gasteiger partial charge on any atom is 0.255 e. The summed E-state index contributed by atoms with van der Waals surface area (Å²) < 4.78 is 10.7. The number of benzene rings is 3. The van der Waals surface area contributed by atoms with Crippen LogP contribution in [0, 0.1) is 6.92 Å². The number of ether oxygens (including phenoxy) is 1. The van der Waals surface area contributed by atoms with Crippen molar-refractivity contribution in [1.82, 2.24) is 5.16 Å². The molecule has 134 valence electrons. The van der Waals surface area contributed by atoms with Gasteiger partial charge >= 0.3 is 0 Å². The molecule has 5 heteroatoms. The molecule has 1 heterocycles. The van der Waals surface area contributed by atoms with E-state index >= 15 is 0 Å². The standard InChI is InChI=1S/C22H18N2O3/c1-14-6-8-15(9-7-14)21-19-12-16(10-11-20(19)24-27-21)22(25)23-17-4-3-5-18(13-17)26-2/h3-13H,1-2H3,(H,23,25). The summed E-state index contributed by atoms with van der Waals surface area (Å²) in [7, 11) is 1.59. The average molecular weight is 358 g/mol.